The van der Waals surface area contributed by atoms with Crippen LogP contribution in [-0.2, 0) is 4.74 Å². The molecule has 0 spiro atoms. The van der Waals surface area contributed by atoms with E-state index in [0.717, 1.165) is 19.4 Å². The number of carbonyl (C=O) groups excluding carboxylic acids is 2. The molecule has 1 heterocycles. The standard InChI is InChI=1S/C24H31N3O3/c1-4-5-15-30-23(28)21-11-6-7-12-22(21)25-24(29)26-13-14-27(19(3)17-26)20-10-8-9-18(2)16-20/h6-12,16,19H,4-5,13-15,17H2,1-3H3,(H,25,29). The van der Waals surface area contributed by atoms with Crippen LogP contribution < -0.4 is 10.2 Å². The zero-order valence-electron chi connectivity index (χ0n) is 18.1. The van der Waals surface area contributed by atoms with Gasteiger partial charge in [0.15, 0.2) is 0 Å². The summed E-state index contributed by atoms with van der Waals surface area (Å²) in [5, 5.41) is 2.90. The molecule has 0 radical (unpaired) electrons. The van der Waals surface area contributed by atoms with E-state index in [2.05, 4.69) is 48.3 Å². The predicted molar refractivity (Wildman–Crippen MR) is 120 cm³/mol. The monoisotopic (exact) mass is 409 g/mol. The summed E-state index contributed by atoms with van der Waals surface area (Å²) in [5.74, 6) is -0.406. The van der Waals surface area contributed by atoms with Crippen molar-refractivity contribution in [3.05, 3.63) is 59.7 Å². The first-order chi connectivity index (χ1) is 14.5. The van der Waals surface area contributed by atoms with Gasteiger partial charge in [-0.05, 0) is 50.1 Å². The van der Waals surface area contributed by atoms with Crippen molar-refractivity contribution in [1.29, 1.82) is 0 Å². The molecule has 0 bridgehead atoms. The third-order valence-corrected chi connectivity index (χ3v) is 5.37. The van der Waals surface area contributed by atoms with Gasteiger partial charge < -0.3 is 19.9 Å². The lowest BCUT2D eigenvalue weighted by Gasteiger charge is -2.41. The number of aryl methyl sites for hydroxylation is 1. The summed E-state index contributed by atoms with van der Waals surface area (Å²) in [4.78, 5) is 29.4. The minimum atomic E-state index is -0.406. The van der Waals surface area contributed by atoms with Crippen molar-refractivity contribution in [3.63, 3.8) is 0 Å². The number of rotatable bonds is 6. The second-order valence-electron chi connectivity index (χ2n) is 7.79. The van der Waals surface area contributed by atoms with E-state index in [-0.39, 0.29) is 12.1 Å². The number of ether oxygens (including phenoxy) is 1. The molecule has 1 aliphatic heterocycles. The topological polar surface area (TPSA) is 61.9 Å². The Kier molecular flexibility index (Phi) is 7.33. The van der Waals surface area contributed by atoms with Gasteiger partial charge in [-0.15, -0.1) is 0 Å². The van der Waals surface area contributed by atoms with Gasteiger partial charge in [-0.3, -0.25) is 0 Å². The highest BCUT2D eigenvalue weighted by molar-refractivity contribution is 6.00. The van der Waals surface area contributed by atoms with Crippen LogP contribution in [0.4, 0.5) is 16.2 Å². The maximum Gasteiger partial charge on any atom is 0.340 e. The fraction of sp³-hybridized carbons (Fsp3) is 0.417. The first kappa shape index (κ1) is 21.7. The predicted octanol–water partition coefficient (Wildman–Crippen LogP) is 4.69. The van der Waals surface area contributed by atoms with Crippen LogP contribution in [0.2, 0.25) is 0 Å². The molecule has 30 heavy (non-hydrogen) atoms. The average molecular weight is 410 g/mol. The molecule has 1 unspecified atom stereocenters. The first-order valence-corrected chi connectivity index (χ1v) is 10.6. The van der Waals surface area contributed by atoms with Crippen LogP contribution in [0.15, 0.2) is 48.5 Å². The van der Waals surface area contributed by atoms with Crippen LogP contribution in [-0.4, -0.2) is 49.2 Å². The Balaban J connectivity index is 1.63. The Morgan fingerprint density at radius 2 is 1.93 bits per heavy atom. The molecule has 1 atom stereocenters. The fourth-order valence-corrected chi connectivity index (χ4v) is 3.68. The van der Waals surface area contributed by atoms with E-state index < -0.39 is 5.97 Å². The van der Waals surface area contributed by atoms with Gasteiger partial charge >= 0.3 is 12.0 Å². The Morgan fingerprint density at radius 3 is 2.67 bits per heavy atom. The Labute approximate surface area is 178 Å². The number of nitrogens with zero attached hydrogens (tertiary/aromatic N) is 2. The molecule has 6 nitrogen and oxygen atoms in total. The van der Waals surface area contributed by atoms with Crippen LogP contribution in [0.25, 0.3) is 0 Å². The minimum absolute atomic E-state index is 0.195. The van der Waals surface area contributed by atoms with Crippen LogP contribution in [0.5, 0.6) is 0 Å². The molecule has 0 aliphatic carbocycles. The average Bonchev–Trinajstić information content (AvgIpc) is 2.74. The van der Waals surface area contributed by atoms with Crippen molar-refractivity contribution in [2.75, 3.05) is 36.5 Å². The molecule has 1 aliphatic rings. The largest absolute Gasteiger partial charge is 0.462 e. The molecular weight excluding hydrogens is 378 g/mol. The number of urea groups is 1. The molecule has 160 valence electrons. The number of amides is 2. The number of benzene rings is 2. The Morgan fingerprint density at radius 1 is 1.13 bits per heavy atom. The summed E-state index contributed by atoms with van der Waals surface area (Å²) in [6, 6.07) is 15.4. The molecule has 1 fully saturated rings. The molecule has 2 aromatic rings. The molecular formula is C24H31N3O3. The molecule has 2 aromatic carbocycles. The normalized spacial score (nSPS) is 16.3. The number of unbranched alkanes of at least 4 members (excludes halogenated alkanes) is 1. The lowest BCUT2D eigenvalue weighted by atomic mass is 10.1. The maximum absolute atomic E-state index is 12.9. The molecule has 0 saturated carbocycles. The summed E-state index contributed by atoms with van der Waals surface area (Å²) >= 11 is 0. The third kappa shape index (κ3) is 5.32. The van der Waals surface area contributed by atoms with Crippen molar-refractivity contribution in [2.24, 2.45) is 0 Å². The number of piperazine rings is 1. The molecule has 6 heteroatoms. The van der Waals surface area contributed by atoms with Crippen molar-refractivity contribution in [2.45, 2.75) is 39.7 Å². The molecule has 0 aromatic heterocycles. The SMILES string of the molecule is CCCCOC(=O)c1ccccc1NC(=O)N1CCN(c2cccc(C)c2)C(C)C1. The van der Waals surface area contributed by atoms with Crippen molar-refractivity contribution in [3.8, 4) is 0 Å². The zero-order valence-corrected chi connectivity index (χ0v) is 18.1. The van der Waals surface area contributed by atoms with Gasteiger partial charge in [-0.25, -0.2) is 9.59 Å². The van der Waals surface area contributed by atoms with E-state index in [1.807, 2.05) is 6.92 Å². The van der Waals surface area contributed by atoms with E-state index in [1.54, 1.807) is 29.2 Å². The van der Waals surface area contributed by atoms with Crippen molar-refractivity contribution in [1.82, 2.24) is 4.90 Å². The lowest BCUT2D eigenvalue weighted by molar-refractivity contribution is 0.0501. The maximum atomic E-state index is 12.9. The fourth-order valence-electron chi connectivity index (χ4n) is 3.68. The number of hydrogen-bond acceptors (Lipinski definition) is 4. The summed E-state index contributed by atoms with van der Waals surface area (Å²) < 4.78 is 5.32. The van der Waals surface area contributed by atoms with Gasteiger partial charge in [0.05, 0.1) is 17.9 Å². The highest BCUT2D eigenvalue weighted by Gasteiger charge is 2.27. The quantitative estimate of drug-likeness (QED) is 0.555. The Bertz CT molecular complexity index is 884. The van der Waals surface area contributed by atoms with Gasteiger partial charge in [0.25, 0.3) is 0 Å². The highest BCUT2D eigenvalue weighted by atomic mass is 16.5. The number of carbonyl (C=O) groups is 2. The summed E-state index contributed by atoms with van der Waals surface area (Å²) in [7, 11) is 0. The Hall–Kier alpha value is -3.02. The first-order valence-electron chi connectivity index (χ1n) is 10.6. The summed E-state index contributed by atoms with van der Waals surface area (Å²) in [6.45, 7) is 8.63. The summed E-state index contributed by atoms with van der Waals surface area (Å²) in [5.41, 5.74) is 3.27. The van der Waals surface area contributed by atoms with E-state index in [9.17, 15) is 9.59 Å². The van der Waals surface area contributed by atoms with Gasteiger partial charge in [0, 0.05) is 31.4 Å². The van der Waals surface area contributed by atoms with Gasteiger partial charge in [0.1, 0.15) is 0 Å². The van der Waals surface area contributed by atoms with Crippen LogP contribution >= 0.6 is 0 Å². The molecule has 3 rings (SSSR count). The van der Waals surface area contributed by atoms with Crippen molar-refractivity contribution >= 4 is 23.4 Å². The molecule has 1 saturated heterocycles. The number of nitrogens with one attached hydrogen (secondary N) is 1. The second-order valence-corrected chi connectivity index (χ2v) is 7.79. The number of hydrogen-bond donors (Lipinski definition) is 1. The minimum Gasteiger partial charge on any atom is -0.462 e. The van der Waals surface area contributed by atoms with Crippen LogP contribution in [0.3, 0.4) is 0 Å². The van der Waals surface area contributed by atoms with Crippen molar-refractivity contribution < 1.29 is 14.3 Å². The van der Waals surface area contributed by atoms with E-state index in [4.69, 9.17) is 4.74 Å². The van der Waals surface area contributed by atoms with Crippen LogP contribution in [0, 0.1) is 6.92 Å². The van der Waals surface area contributed by atoms with E-state index >= 15 is 0 Å². The number of anilines is 2. The van der Waals surface area contributed by atoms with Crippen LogP contribution in [0.1, 0.15) is 42.6 Å². The summed E-state index contributed by atoms with van der Waals surface area (Å²) in [6.07, 6.45) is 1.78. The highest BCUT2D eigenvalue weighted by Crippen LogP contribution is 2.23. The van der Waals surface area contributed by atoms with Gasteiger partial charge in [-0.2, -0.15) is 0 Å². The van der Waals surface area contributed by atoms with E-state index in [0.29, 0.717) is 30.9 Å². The van der Waals surface area contributed by atoms with E-state index in [1.165, 1.54) is 11.3 Å². The molecule has 2 amide bonds. The van der Waals surface area contributed by atoms with Gasteiger partial charge in [-0.1, -0.05) is 37.6 Å². The zero-order chi connectivity index (χ0) is 21.5. The number of para-hydroxylation sites is 1. The van der Waals surface area contributed by atoms with Gasteiger partial charge in [0.2, 0.25) is 0 Å². The second kappa shape index (κ2) is 10.1. The number of esters is 1. The third-order valence-electron chi connectivity index (χ3n) is 5.37. The lowest BCUT2D eigenvalue weighted by Crippen LogP contribution is -2.54. The smallest absolute Gasteiger partial charge is 0.340 e. The molecule has 1 N–H and O–H groups in total.